The normalized spacial score (nSPS) is 24.3. The molecule has 0 atom stereocenters. The fraction of sp³-hybridized carbons (Fsp3) is 0.455. The molecule has 86 valence electrons. The molecule has 1 aromatic carbocycles. The van der Waals surface area contributed by atoms with E-state index in [1.165, 1.54) is 0 Å². The maximum Gasteiger partial charge on any atom is 0.187 e. The molecule has 0 bridgehead atoms. The molecule has 1 spiro atoms. The predicted octanol–water partition coefficient (Wildman–Crippen LogP) is 2.46. The molecule has 1 aliphatic carbocycles. The van der Waals surface area contributed by atoms with Gasteiger partial charge in [-0.3, -0.25) is 0 Å². The molecule has 0 aromatic heterocycles. The second-order valence-corrected chi connectivity index (χ2v) is 7.28. The van der Waals surface area contributed by atoms with Gasteiger partial charge in [0.25, 0.3) is 0 Å². The van der Waals surface area contributed by atoms with E-state index < -0.39 is 14.6 Å². The number of halogens is 1. The summed E-state index contributed by atoms with van der Waals surface area (Å²) in [7, 11) is -3.22. The number of hydrogen-bond acceptors (Lipinski definition) is 3. The maximum absolute atomic E-state index is 12.5. The molecular weight excluding hydrogens is 246 g/mol. The van der Waals surface area contributed by atoms with Crippen LogP contribution < -0.4 is 5.32 Å². The van der Waals surface area contributed by atoms with Crippen LogP contribution in [-0.2, 0) is 9.84 Å². The van der Waals surface area contributed by atoms with Crippen LogP contribution in [-0.4, -0.2) is 19.7 Å². The molecule has 16 heavy (non-hydrogen) atoms. The van der Waals surface area contributed by atoms with E-state index >= 15 is 0 Å². The van der Waals surface area contributed by atoms with Crippen LogP contribution in [0.5, 0.6) is 0 Å². The number of nitrogens with one attached hydrogen (secondary N) is 1. The van der Waals surface area contributed by atoms with E-state index in [1.54, 1.807) is 18.2 Å². The van der Waals surface area contributed by atoms with Crippen molar-refractivity contribution in [3.63, 3.8) is 0 Å². The summed E-state index contributed by atoms with van der Waals surface area (Å²) in [4.78, 5) is 0.367. The number of anilines is 1. The Bertz CT molecular complexity index is 549. The summed E-state index contributed by atoms with van der Waals surface area (Å²) in [6, 6.07) is 5.00. The molecule has 1 heterocycles. The van der Waals surface area contributed by atoms with Gasteiger partial charge in [0.05, 0.1) is 15.3 Å². The van der Waals surface area contributed by atoms with E-state index in [2.05, 4.69) is 5.32 Å². The minimum atomic E-state index is -3.22. The minimum Gasteiger partial charge on any atom is -0.382 e. The summed E-state index contributed by atoms with van der Waals surface area (Å²) in [5.74, 6) is 0. The van der Waals surface area contributed by atoms with Gasteiger partial charge in [-0.2, -0.15) is 0 Å². The summed E-state index contributed by atoms with van der Waals surface area (Å²) < 4.78 is 24.4. The van der Waals surface area contributed by atoms with Crippen molar-refractivity contribution in [3.05, 3.63) is 23.2 Å². The molecule has 3 nitrogen and oxygen atoms in total. The fourth-order valence-corrected chi connectivity index (χ4v) is 4.97. The summed E-state index contributed by atoms with van der Waals surface area (Å²) in [6.07, 6.45) is 2.51. The van der Waals surface area contributed by atoms with Crippen LogP contribution in [0.25, 0.3) is 0 Å². The van der Waals surface area contributed by atoms with Crippen molar-refractivity contribution < 1.29 is 8.42 Å². The van der Waals surface area contributed by atoms with Crippen molar-refractivity contribution in [2.24, 2.45) is 0 Å². The van der Waals surface area contributed by atoms with Crippen molar-refractivity contribution >= 4 is 27.1 Å². The Hall–Kier alpha value is -0.740. The van der Waals surface area contributed by atoms with Gasteiger partial charge in [-0.05, 0) is 31.0 Å². The monoisotopic (exact) mass is 257 g/mol. The molecule has 0 amide bonds. The third-order valence-electron chi connectivity index (χ3n) is 3.67. The van der Waals surface area contributed by atoms with Crippen LogP contribution in [0.3, 0.4) is 0 Å². The molecule has 1 aliphatic heterocycles. The average Bonchev–Trinajstić information content (AvgIpc) is 2.16. The Morgan fingerprint density at radius 1 is 1.31 bits per heavy atom. The number of benzene rings is 1. The summed E-state index contributed by atoms with van der Waals surface area (Å²) in [6.45, 7) is 0.532. The van der Waals surface area contributed by atoms with Crippen molar-refractivity contribution in [2.75, 3.05) is 11.9 Å². The largest absolute Gasteiger partial charge is 0.382 e. The Morgan fingerprint density at radius 2 is 2.06 bits per heavy atom. The van der Waals surface area contributed by atoms with Crippen LogP contribution >= 0.6 is 11.6 Å². The molecule has 1 aromatic rings. The third kappa shape index (κ3) is 1.17. The first-order valence-corrected chi connectivity index (χ1v) is 7.19. The lowest BCUT2D eigenvalue weighted by Crippen LogP contribution is -2.53. The summed E-state index contributed by atoms with van der Waals surface area (Å²) in [5.41, 5.74) is 0.682. The highest BCUT2D eigenvalue weighted by Crippen LogP contribution is 2.47. The zero-order chi connectivity index (χ0) is 11.4. The van der Waals surface area contributed by atoms with E-state index in [-0.39, 0.29) is 0 Å². The Kier molecular flexibility index (Phi) is 2.04. The van der Waals surface area contributed by atoms with Gasteiger partial charge in [0.15, 0.2) is 9.84 Å². The van der Waals surface area contributed by atoms with Crippen LogP contribution in [0.4, 0.5) is 5.69 Å². The molecule has 0 saturated heterocycles. The predicted molar refractivity (Wildman–Crippen MR) is 63.7 cm³/mol. The second kappa shape index (κ2) is 3.14. The summed E-state index contributed by atoms with van der Waals surface area (Å²) >= 11 is 5.87. The van der Waals surface area contributed by atoms with E-state index in [0.717, 1.165) is 19.3 Å². The van der Waals surface area contributed by atoms with Crippen molar-refractivity contribution in [3.8, 4) is 0 Å². The molecule has 3 rings (SSSR count). The van der Waals surface area contributed by atoms with Gasteiger partial charge >= 0.3 is 0 Å². The lowest BCUT2D eigenvalue weighted by Gasteiger charge is -2.44. The number of hydrogen-bond donors (Lipinski definition) is 1. The van der Waals surface area contributed by atoms with Crippen LogP contribution in [0.1, 0.15) is 19.3 Å². The first-order valence-electron chi connectivity index (χ1n) is 5.33. The van der Waals surface area contributed by atoms with E-state index in [1.807, 2.05) is 0 Å². The van der Waals surface area contributed by atoms with Gasteiger partial charge < -0.3 is 5.32 Å². The van der Waals surface area contributed by atoms with Crippen molar-refractivity contribution in [1.29, 1.82) is 0 Å². The second-order valence-electron chi connectivity index (χ2n) is 4.53. The molecule has 0 unspecified atom stereocenters. The van der Waals surface area contributed by atoms with E-state index in [0.29, 0.717) is 22.2 Å². The van der Waals surface area contributed by atoms with Crippen LogP contribution in [0, 0.1) is 0 Å². The minimum absolute atomic E-state index is 0.367. The number of rotatable bonds is 0. The lowest BCUT2D eigenvalue weighted by molar-refractivity contribution is 0.347. The van der Waals surface area contributed by atoms with Crippen molar-refractivity contribution in [1.82, 2.24) is 0 Å². The average molecular weight is 258 g/mol. The fourth-order valence-electron chi connectivity index (χ4n) is 2.47. The molecule has 0 radical (unpaired) electrons. The number of fused-ring (bicyclic) bond motifs is 1. The lowest BCUT2D eigenvalue weighted by atomic mass is 9.84. The zero-order valence-electron chi connectivity index (χ0n) is 8.66. The number of sulfone groups is 1. The van der Waals surface area contributed by atoms with Gasteiger partial charge in [0.2, 0.25) is 0 Å². The highest BCUT2D eigenvalue weighted by atomic mass is 35.5. The Balaban J connectivity index is 2.22. The quantitative estimate of drug-likeness (QED) is 0.777. The SMILES string of the molecule is O=S1(=O)c2cc(Cl)ccc2NCC12CCC2. The standard InChI is InChI=1S/C11H12ClNO2S/c12-8-2-3-9-10(6-8)16(14,15)11(7-13-9)4-1-5-11/h2-3,6,13H,1,4-5,7H2. The smallest absolute Gasteiger partial charge is 0.187 e. The molecule has 2 aliphatic rings. The first-order chi connectivity index (χ1) is 7.55. The molecule has 1 fully saturated rings. The summed E-state index contributed by atoms with van der Waals surface area (Å²) in [5, 5.41) is 3.67. The Labute approximate surface area is 99.7 Å². The van der Waals surface area contributed by atoms with Crippen molar-refractivity contribution in [2.45, 2.75) is 28.9 Å². The van der Waals surface area contributed by atoms with Gasteiger partial charge in [-0.1, -0.05) is 18.0 Å². The highest BCUT2D eigenvalue weighted by Gasteiger charge is 2.52. The zero-order valence-corrected chi connectivity index (χ0v) is 10.2. The van der Waals surface area contributed by atoms with Crippen LogP contribution in [0.2, 0.25) is 5.02 Å². The highest BCUT2D eigenvalue weighted by molar-refractivity contribution is 7.93. The molecular formula is C11H12ClNO2S. The maximum atomic E-state index is 12.5. The molecule has 1 saturated carbocycles. The van der Waals surface area contributed by atoms with Gasteiger partial charge in [-0.15, -0.1) is 0 Å². The van der Waals surface area contributed by atoms with Gasteiger partial charge in [0.1, 0.15) is 0 Å². The van der Waals surface area contributed by atoms with Gasteiger partial charge in [-0.25, -0.2) is 8.42 Å². The van der Waals surface area contributed by atoms with Crippen LogP contribution in [0.15, 0.2) is 23.1 Å². The van der Waals surface area contributed by atoms with E-state index in [9.17, 15) is 8.42 Å². The first kappa shape index (κ1) is 10.4. The van der Waals surface area contributed by atoms with E-state index in [4.69, 9.17) is 11.6 Å². The topological polar surface area (TPSA) is 46.2 Å². The molecule has 1 N–H and O–H groups in total. The molecule has 5 heteroatoms. The third-order valence-corrected chi connectivity index (χ3v) is 6.51. The Morgan fingerprint density at radius 3 is 2.69 bits per heavy atom. The van der Waals surface area contributed by atoms with Gasteiger partial charge in [0, 0.05) is 11.6 Å².